The van der Waals surface area contributed by atoms with E-state index in [1.165, 1.54) is 6.39 Å². The van der Waals surface area contributed by atoms with Crippen molar-refractivity contribution in [2.45, 2.75) is 6.42 Å². The van der Waals surface area contributed by atoms with Crippen molar-refractivity contribution >= 4 is 5.91 Å². The van der Waals surface area contributed by atoms with Crippen LogP contribution in [0, 0.1) is 0 Å². The molecule has 5 heteroatoms. The maximum atomic E-state index is 12.6. The number of amides is 1. The van der Waals surface area contributed by atoms with Crippen molar-refractivity contribution in [1.82, 2.24) is 14.9 Å². The summed E-state index contributed by atoms with van der Waals surface area (Å²) in [6, 6.07) is 13.4. The van der Waals surface area contributed by atoms with Gasteiger partial charge in [0.15, 0.2) is 6.39 Å². The molecule has 0 saturated heterocycles. The fraction of sp³-hybridized carbons (Fsp3) is 0.167. The van der Waals surface area contributed by atoms with E-state index >= 15 is 0 Å². The molecule has 0 bridgehead atoms. The predicted octanol–water partition coefficient (Wildman–Crippen LogP) is 3.05. The van der Waals surface area contributed by atoms with E-state index in [4.69, 9.17) is 4.42 Å². The summed E-state index contributed by atoms with van der Waals surface area (Å²) in [6.45, 7) is 0.595. The van der Waals surface area contributed by atoms with Crippen LogP contribution < -0.4 is 0 Å². The van der Waals surface area contributed by atoms with E-state index in [1.807, 2.05) is 42.5 Å². The number of benzene rings is 1. The number of oxazole rings is 1. The molecule has 2 aromatic heterocycles. The summed E-state index contributed by atoms with van der Waals surface area (Å²) in [5.41, 5.74) is 2.58. The van der Waals surface area contributed by atoms with Crippen LogP contribution in [0.15, 0.2) is 65.7 Å². The normalized spacial score (nSPS) is 10.5. The molecule has 1 aromatic carbocycles. The number of aromatic nitrogens is 2. The molecule has 0 unspecified atom stereocenters. The molecule has 3 rings (SSSR count). The summed E-state index contributed by atoms with van der Waals surface area (Å²) < 4.78 is 5.34. The highest BCUT2D eigenvalue weighted by Gasteiger charge is 2.21. The van der Waals surface area contributed by atoms with E-state index in [9.17, 15) is 4.79 Å². The van der Waals surface area contributed by atoms with Crippen LogP contribution in [0.4, 0.5) is 0 Å². The number of carbonyl (C=O) groups excluding carboxylic acids is 1. The highest BCUT2D eigenvalue weighted by atomic mass is 16.3. The Morgan fingerprint density at radius 1 is 1.13 bits per heavy atom. The molecule has 0 saturated carbocycles. The lowest BCUT2D eigenvalue weighted by Gasteiger charge is -2.16. The highest BCUT2D eigenvalue weighted by molar-refractivity contribution is 5.97. The molecule has 0 spiro atoms. The molecular weight excluding hydrogens is 290 g/mol. The lowest BCUT2D eigenvalue weighted by Crippen LogP contribution is -2.29. The molecule has 0 aliphatic rings. The van der Waals surface area contributed by atoms with Gasteiger partial charge < -0.3 is 9.32 Å². The van der Waals surface area contributed by atoms with Crippen molar-refractivity contribution in [3.63, 3.8) is 0 Å². The van der Waals surface area contributed by atoms with Gasteiger partial charge in [0, 0.05) is 31.5 Å². The molecular formula is C18H17N3O2. The maximum absolute atomic E-state index is 12.6. The van der Waals surface area contributed by atoms with Crippen LogP contribution >= 0.6 is 0 Å². The lowest BCUT2D eigenvalue weighted by atomic mass is 10.1. The standard InChI is InChI=1S/C18H17N3O2/c1-21(12-9-14-7-10-19-11-8-14)18(22)17-16(20-13-23-17)15-5-3-2-4-6-15/h2-8,10-11,13H,9,12H2,1H3. The topological polar surface area (TPSA) is 59.2 Å². The summed E-state index contributed by atoms with van der Waals surface area (Å²) in [7, 11) is 1.76. The zero-order valence-corrected chi connectivity index (χ0v) is 12.8. The molecule has 0 radical (unpaired) electrons. The number of hydrogen-bond acceptors (Lipinski definition) is 4. The lowest BCUT2D eigenvalue weighted by molar-refractivity contribution is 0.0766. The van der Waals surface area contributed by atoms with Gasteiger partial charge >= 0.3 is 0 Å². The van der Waals surface area contributed by atoms with E-state index in [0.29, 0.717) is 12.2 Å². The van der Waals surface area contributed by atoms with Crippen LogP contribution in [-0.2, 0) is 6.42 Å². The Labute approximate surface area is 134 Å². The minimum absolute atomic E-state index is 0.171. The van der Waals surface area contributed by atoms with Crippen LogP contribution in [0.2, 0.25) is 0 Å². The minimum atomic E-state index is -0.171. The van der Waals surface area contributed by atoms with Gasteiger partial charge in [-0.05, 0) is 24.1 Å². The molecule has 3 aromatic rings. The number of pyridine rings is 1. The van der Waals surface area contributed by atoms with Crippen LogP contribution in [0.1, 0.15) is 16.1 Å². The van der Waals surface area contributed by atoms with E-state index in [0.717, 1.165) is 17.5 Å². The first-order valence-electron chi connectivity index (χ1n) is 7.39. The Morgan fingerprint density at radius 3 is 2.61 bits per heavy atom. The smallest absolute Gasteiger partial charge is 0.291 e. The molecule has 0 fully saturated rings. The molecule has 5 nitrogen and oxygen atoms in total. The van der Waals surface area contributed by atoms with Crippen LogP contribution in [0.25, 0.3) is 11.3 Å². The fourth-order valence-corrected chi connectivity index (χ4v) is 2.32. The fourth-order valence-electron chi connectivity index (χ4n) is 2.32. The molecule has 23 heavy (non-hydrogen) atoms. The number of likely N-dealkylation sites (N-methyl/N-ethyl adjacent to an activating group) is 1. The van der Waals surface area contributed by atoms with Gasteiger partial charge in [-0.2, -0.15) is 0 Å². The van der Waals surface area contributed by atoms with Gasteiger partial charge in [-0.3, -0.25) is 9.78 Å². The summed E-state index contributed by atoms with van der Waals surface area (Å²) in [4.78, 5) is 22.4. The third-order valence-corrected chi connectivity index (χ3v) is 3.64. The van der Waals surface area contributed by atoms with Gasteiger partial charge in [0.2, 0.25) is 5.76 Å². The van der Waals surface area contributed by atoms with Crippen LogP contribution in [0.3, 0.4) is 0 Å². The average Bonchev–Trinajstić information content (AvgIpc) is 3.10. The van der Waals surface area contributed by atoms with Gasteiger partial charge in [-0.25, -0.2) is 4.98 Å². The Balaban J connectivity index is 1.72. The SMILES string of the molecule is CN(CCc1ccncc1)C(=O)c1ocnc1-c1ccccc1. The third-order valence-electron chi connectivity index (χ3n) is 3.64. The van der Waals surface area contributed by atoms with Gasteiger partial charge in [0.1, 0.15) is 5.69 Å². The first-order valence-corrected chi connectivity index (χ1v) is 7.39. The van der Waals surface area contributed by atoms with Crippen molar-refractivity contribution in [1.29, 1.82) is 0 Å². The largest absolute Gasteiger partial charge is 0.438 e. The molecule has 2 heterocycles. The van der Waals surface area contributed by atoms with Crippen molar-refractivity contribution in [2.24, 2.45) is 0 Å². The maximum Gasteiger partial charge on any atom is 0.291 e. The Kier molecular flexibility index (Phi) is 4.47. The summed E-state index contributed by atoms with van der Waals surface area (Å²) in [5.74, 6) is 0.101. The summed E-state index contributed by atoms with van der Waals surface area (Å²) in [6.07, 6.45) is 5.58. The predicted molar refractivity (Wildman–Crippen MR) is 86.8 cm³/mol. The monoisotopic (exact) mass is 307 g/mol. The number of hydrogen-bond donors (Lipinski definition) is 0. The van der Waals surface area contributed by atoms with Crippen LogP contribution in [-0.4, -0.2) is 34.4 Å². The molecule has 0 atom stereocenters. The summed E-state index contributed by atoms with van der Waals surface area (Å²) in [5, 5.41) is 0. The average molecular weight is 307 g/mol. The minimum Gasteiger partial charge on any atom is -0.438 e. The zero-order valence-electron chi connectivity index (χ0n) is 12.8. The van der Waals surface area contributed by atoms with Crippen LogP contribution in [0.5, 0.6) is 0 Å². The Bertz CT molecular complexity index is 769. The van der Waals surface area contributed by atoms with Gasteiger partial charge in [-0.15, -0.1) is 0 Å². The molecule has 0 N–H and O–H groups in total. The number of rotatable bonds is 5. The van der Waals surface area contributed by atoms with Crippen molar-refractivity contribution in [3.05, 3.63) is 72.6 Å². The van der Waals surface area contributed by atoms with E-state index in [-0.39, 0.29) is 11.7 Å². The third kappa shape index (κ3) is 3.45. The number of carbonyl (C=O) groups is 1. The van der Waals surface area contributed by atoms with E-state index in [1.54, 1.807) is 24.3 Å². The second-order valence-corrected chi connectivity index (χ2v) is 5.23. The Morgan fingerprint density at radius 2 is 1.87 bits per heavy atom. The van der Waals surface area contributed by atoms with E-state index in [2.05, 4.69) is 9.97 Å². The quantitative estimate of drug-likeness (QED) is 0.727. The Hall–Kier alpha value is -2.95. The first-order chi connectivity index (χ1) is 11.3. The van der Waals surface area contributed by atoms with Gasteiger partial charge in [0.25, 0.3) is 5.91 Å². The molecule has 0 aliphatic heterocycles. The highest BCUT2D eigenvalue weighted by Crippen LogP contribution is 2.22. The van der Waals surface area contributed by atoms with Crippen molar-refractivity contribution in [3.8, 4) is 11.3 Å². The van der Waals surface area contributed by atoms with Gasteiger partial charge in [-0.1, -0.05) is 30.3 Å². The molecule has 116 valence electrons. The second kappa shape index (κ2) is 6.87. The van der Waals surface area contributed by atoms with Gasteiger partial charge in [0.05, 0.1) is 0 Å². The zero-order chi connectivity index (χ0) is 16.1. The molecule has 0 aliphatic carbocycles. The molecule has 1 amide bonds. The first kappa shape index (κ1) is 15.0. The number of nitrogens with zero attached hydrogens (tertiary/aromatic N) is 3. The second-order valence-electron chi connectivity index (χ2n) is 5.23. The van der Waals surface area contributed by atoms with E-state index < -0.39 is 0 Å². The van der Waals surface area contributed by atoms with Crippen molar-refractivity contribution in [2.75, 3.05) is 13.6 Å². The summed E-state index contributed by atoms with van der Waals surface area (Å²) >= 11 is 0. The van der Waals surface area contributed by atoms with Crippen molar-refractivity contribution < 1.29 is 9.21 Å².